The van der Waals surface area contributed by atoms with E-state index < -0.39 is 0 Å². The lowest BCUT2D eigenvalue weighted by molar-refractivity contribution is 0.0238. The second-order valence-corrected chi connectivity index (χ2v) is 6.36. The number of hydrogen-bond acceptors (Lipinski definition) is 2. The van der Waals surface area contributed by atoms with Crippen molar-refractivity contribution in [2.45, 2.75) is 58.2 Å². The normalized spacial score (nSPS) is 22.9. The molecule has 0 bridgehead atoms. The third-order valence-corrected chi connectivity index (χ3v) is 5.18. The predicted octanol–water partition coefficient (Wildman–Crippen LogP) is 4.08. The molecule has 1 unspecified atom stereocenters. The van der Waals surface area contributed by atoms with Gasteiger partial charge in [-0.25, -0.2) is 0 Å². The van der Waals surface area contributed by atoms with Crippen molar-refractivity contribution in [2.75, 3.05) is 13.1 Å². The molecule has 1 aliphatic rings. The topological polar surface area (TPSA) is 15.3 Å². The van der Waals surface area contributed by atoms with E-state index in [1.54, 1.807) is 0 Å². The van der Waals surface area contributed by atoms with Crippen LogP contribution in [0.2, 0.25) is 5.02 Å². The Balaban J connectivity index is 2.16. The highest BCUT2D eigenvalue weighted by atomic mass is 35.5. The number of piperazine rings is 1. The monoisotopic (exact) mass is 294 g/mol. The van der Waals surface area contributed by atoms with Gasteiger partial charge >= 0.3 is 0 Å². The molecule has 0 saturated carbocycles. The molecule has 1 saturated heterocycles. The van der Waals surface area contributed by atoms with E-state index in [1.807, 2.05) is 12.1 Å². The van der Waals surface area contributed by atoms with Crippen LogP contribution in [-0.2, 0) is 6.54 Å². The average Bonchev–Trinajstić information content (AvgIpc) is 2.49. The van der Waals surface area contributed by atoms with E-state index in [9.17, 15) is 0 Å². The number of rotatable bonds is 5. The molecule has 2 nitrogen and oxygen atoms in total. The highest BCUT2D eigenvalue weighted by Gasteiger charge is 2.38. The molecule has 1 aromatic rings. The smallest absolute Gasteiger partial charge is 0.0406 e. The molecule has 0 amide bonds. The zero-order valence-electron chi connectivity index (χ0n) is 13.0. The van der Waals surface area contributed by atoms with Gasteiger partial charge in [0.2, 0.25) is 0 Å². The summed E-state index contributed by atoms with van der Waals surface area (Å²) in [5, 5.41) is 4.54. The van der Waals surface area contributed by atoms with Crippen LogP contribution in [0.25, 0.3) is 0 Å². The van der Waals surface area contributed by atoms with Crippen LogP contribution in [0.3, 0.4) is 0 Å². The molecule has 2 rings (SSSR count). The maximum absolute atomic E-state index is 5.99. The minimum absolute atomic E-state index is 0.297. The largest absolute Gasteiger partial charge is 0.311 e. The number of benzene rings is 1. The van der Waals surface area contributed by atoms with Gasteiger partial charge in [-0.15, -0.1) is 0 Å². The first-order chi connectivity index (χ1) is 9.63. The molecule has 1 heterocycles. The van der Waals surface area contributed by atoms with Gasteiger partial charge in [-0.2, -0.15) is 0 Å². The summed E-state index contributed by atoms with van der Waals surface area (Å²) in [6, 6.07) is 8.92. The van der Waals surface area contributed by atoms with E-state index in [4.69, 9.17) is 11.6 Å². The van der Waals surface area contributed by atoms with Crippen molar-refractivity contribution in [1.82, 2.24) is 10.2 Å². The van der Waals surface area contributed by atoms with Gasteiger partial charge < -0.3 is 5.32 Å². The van der Waals surface area contributed by atoms with Crippen molar-refractivity contribution < 1.29 is 0 Å². The number of nitrogens with one attached hydrogen (secondary N) is 1. The molecular weight excluding hydrogens is 268 g/mol. The van der Waals surface area contributed by atoms with E-state index in [-0.39, 0.29) is 0 Å². The Morgan fingerprint density at radius 2 is 1.85 bits per heavy atom. The molecule has 1 N–H and O–H groups in total. The zero-order chi connectivity index (χ0) is 14.6. The molecule has 0 radical (unpaired) electrons. The van der Waals surface area contributed by atoms with Gasteiger partial charge in [0.15, 0.2) is 0 Å². The van der Waals surface area contributed by atoms with Crippen LogP contribution in [0.15, 0.2) is 24.3 Å². The Kier molecular flexibility index (Phi) is 5.48. The maximum Gasteiger partial charge on any atom is 0.0406 e. The van der Waals surface area contributed by atoms with E-state index in [1.165, 1.54) is 24.8 Å². The Bertz CT molecular complexity index is 412. The van der Waals surface area contributed by atoms with Crippen molar-refractivity contribution >= 4 is 11.6 Å². The summed E-state index contributed by atoms with van der Waals surface area (Å²) in [5.41, 5.74) is 1.66. The Morgan fingerprint density at radius 3 is 2.40 bits per heavy atom. The molecule has 3 heteroatoms. The van der Waals surface area contributed by atoms with Crippen molar-refractivity contribution in [1.29, 1.82) is 0 Å². The van der Waals surface area contributed by atoms with Crippen molar-refractivity contribution in [3.8, 4) is 0 Å². The lowest BCUT2D eigenvalue weighted by Gasteiger charge is -2.49. The van der Waals surface area contributed by atoms with Crippen LogP contribution in [0, 0.1) is 0 Å². The van der Waals surface area contributed by atoms with Crippen molar-refractivity contribution in [3.63, 3.8) is 0 Å². The fourth-order valence-corrected chi connectivity index (χ4v) is 3.36. The highest BCUT2D eigenvalue weighted by molar-refractivity contribution is 6.30. The molecule has 0 aromatic heterocycles. The summed E-state index contributed by atoms with van der Waals surface area (Å²) in [4.78, 5) is 2.68. The molecule has 1 atom stereocenters. The van der Waals surface area contributed by atoms with Gasteiger partial charge in [0.1, 0.15) is 0 Å². The van der Waals surface area contributed by atoms with Crippen molar-refractivity contribution in [3.05, 3.63) is 34.9 Å². The van der Waals surface area contributed by atoms with E-state index in [2.05, 4.69) is 43.1 Å². The van der Waals surface area contributed by atoms with E-state index in [0.29, 0.717) is 11.6 Å². The third-order valence-electron chi connectivity index (χ3n) is 4.93. The Morgan fingerprint density at radius 1 is 1.20 bits per heavy atom. The predicted molar refractivity (Wildman–Crippen MR) is 87.3 cm³/mol. The average molecular weight is 295 g/mol. The standard InChI is InChI=1S/C17H27ClN2/c1-4-16-12-20(17(5-2,6-3)13-19-16)11-14-7-9-15(18)10-8-14/h7-10,16,19H,4-6,11-13H2,1-3H3. The first kappa shape index (κ1) is 15.8. The summed E-state index contributed by atoms with van der Waals surface area (Å²) < 4.78 is 0. The van der Waals surface area contributed by atoms with Crippen LogP contribution in [-0.4, -0.2) is 29.6 Å². The van der Waals surface area contributed by atoms with Gasteiger partial charge in [-0.05, 0) is 37.0 Å². The Labute approximate surface area is 128 Å². The van der Waals surface area contributed by atoms with Crippen LogP contribution in [0.1, 0.15) is 45.6 Å². The van der Waals surface area contributed by atoms with Gasteiger partial charge in [0.25, 0.3) is 0 Å². The summed E-state index contributed by atoms with van der Waals surface area (Å²) in [7, 11) is 0. The molecule has 1 aliphatic heterocycles. The second-order valence-electron chi connectivity index (χ2n) is 5.92. The highest BCUT2D eigenvalue weighted by Crippen LogP contribution is 2.29. The maximum atomic E-state index is 5.99. The van der Waals surface area contributed by atoms with Crippen LogP contribution >= 0.6 is 11.6 Å². The first-order valence-corrected chi connectivity index (χ1v) is 8.24. The summed E-state index contributed by atoms with van der Waals surface area (Å²) >= 11 is 5.99. The number of halogens is 1. The molecule has 0 spiro atoms. The van der Waals surface area contributed by atoms with Gasteiger partial charge in [-0.1, -0.05) is 44.5 Å². The van der Waals surface area contributed by atoms with E-state index in [0.717, 1.165) is 24.7 Å². The SMILES string of the molecule is CCC1CN(Cc2ccc(Cl)cc2)C(CC)(CC)CN1. The summed E-state index contributed by atoms with van der Waals surface area (Å²) in [5.74, 6) is 0. The fraction of sp³-hybridized carbons (Fsp3) is 0.647. The molecule has 1 aromatic carbocycles. The van der Waals surface area contributed by atoms with E-state index >= 15 is 0 Å². The van der Waals surface area contributed by atoms with Gasteiger partial charge in [0.05, 0.1) is 0 Å². The number of nitrogens with zero attached hydrogens (tertiary/aromatic N) is 1. The fourth-order valence-electron chi connectivity index (χ4n) is 3.23. The minimum Gasteiger partial charge on any atom is -0.311 e. The van der Waals surface area contributed by atoms with Crippen LogP contribution in [0.4, 0.5) is 0 Å². The molecular formula is C17H27ClN2. The zero-order valence-corrected chi connectivity index (χ0v) is 13.7. The van der Waals surface area contributed by atoms with Crippen LogP contribution in [0.5, 0.6) is 0 Å². The third kappa shape index (κ3) is 3.36. The quantitative estimate of drug-likeness (QED) is 0.880. The van der Waals surface area contributed by atoms with Crippen LogP contribution < -0.4 is 5.32 Å². The summed E-state index contributed by atoms with van der Waals surface area (Å²) in [6.07, 6.45) is 3.58. The van der Waals surface area contributed by atoms with Gasteiger partial charge in [0, 0.05) is 36.2 Å². The lowest BCUT2D eigenvalue weighted by Crippen LogP contribution is -2.63. The minimum atomic E-state index is 0.297. The molecule has 1 fully saturated rings. The first-order valence-electron chi connectivity index (χ1n) is 7.86. The van der Waals surface area contributed by atoms with Crippen molar-refractivity contribution in [2.24, 2.45) is 0 Å². The molecule has 112 valence electrons. The number of hydrogen-bond donors (Lipinski definition) is 1. The Hall–Kier alpha value is -0.570. The lowest BCUT2D eigenvalue weighted by atomic mass is 9.86. The molecule has 0 aliphatic carbocycles. The molecule has 20 heavy (non-hydrogen) atoms. The summed E-state index contributed by atoms with van der Waals surface area (Å²) in [6.45, 7) is 10.2. The second kappa shape index (κ2) is 6.93. The van der Waals surface area contributed by atoms with Gasteiger partial charge in [-0.3, -0.25) is 4.90 Å².